The zero-order chi connectivity index (χ0) is 21.9. The summed E-state index contributed by atoms with van der Waals surface area (Å²) in [5.41, 5.74) is 2.36. The molecule has 0 amide bonds. The molecule has 2 N–H and O–H groups in total. The van der Waals surface area contributed by atoms with E-state index in [9.17, 15) is 4.39 Å². The van der Waals surface area contributed by atoms with E-state index in [0.717, 1.165) is 11.1 Å². The predicted molar refractivity (Wildman–Crippen MR) is 115 cm³/mol. The van der Waals surface area contributed by atoms with Crippen molar-refractivity contribution in [2.45, 2.75) is 26.6 Å². The van der Waals surface area contributed by atoms with Crippen LogP contribution >= 0.6 is 0 Å². The van der Waals surface area contributed by atoms with E-state index in [0.29, 0.717) is 48.4 Å². The van der Waals surface area contributed by atoms with Gasteiger partial charge >= 0.3 is 0 Å². The van der Waals surface area contributed by atoms with Gasteiger partial charge in [-0.3, -0.25) is 0 Å². The first kappa shape index (κ1) is 23.3. The Bertz CT molecular complexity index is 833. The fraction of sp³-hybridized carbons (Fsp3) is 0.409. The molecule has 30 heavy (non-hydrogen) atoms. The van der Waals surface area contributed by atoms with E-state index in [-0.39, 0.29) is 12.4 Å². The van der Waals surface area contributed by atoms with E-state index in [1.54, 1.807) is 40.6 Å². The van der Waals surface area contributed by atoms with E-state index < -0.39 is 0 Å². The average molecular weight is 419 g/mol. The summed E-state index contributed by atoms with van der Waals surface area (Å²) in [6, 6.07) is 8.71. The smallest absolute Gasteiger partial charge is 0.203 e. The molecule has 2 aromatic rings. The van der Waals surface area contributed by atoms with Crippen LogP contribution in [0.1, 0.15) is 23.6 Å². The lowest BCUT2D eigenvalue weighted by atomic mass is 10.1. The number of halogens is 1. The second kappa shape index (κ2) is 11.9. The van der Waals surface area contributed by atoms with Crippen molar-refractivity contribution in [3.63, 3.8) is 0 Å². The molecule has 164 valence electrons. The summed E-state index contributed by atoms with van der Waals surface area (Å²) < 4.78 is 35.0. The van der Waals surface area contributed by atoms with Crippen LogP contribution in [0.15, 0.2) is 35.3 Å². The number of aliphatic imine (C=N–C) groups is 1. The van der Waals surface area contributed by atoms with Crippen molar-refractivity contribution in [3.05, 3.63) is 52.8 Å². The Morgan fingerprint density at radius 2 is 1.63 bits per heavy atom. The summed E-state index contributed by atoms with van der Waals surface area (Å²) >= 11 is 0. The van der Waals surface area contributed by atoms with Gasteiger partial charge in [0, 0.05) is 25.8 Å². The zero-order valence-corrected chi connectivity index (χ0v) is 18.2. The molecule has 0 saturated heterocycles. The van der Waals surface area contributed by atoms with Gasteiger partial charge in [-0.1, -0.05) is 6.07 Å². The van der Waals surface area contributed by atoms with Gasteiger partial charge in [-0.2, -0.15) is 0 Å². The Balaban J connectivity index is 2.14. The number of benzene rings is 2. The molecule has 0 aromatic heterocycles. The topological polar surface area (TPSA) is 73.3 Å². The Kier molecular flexibility index (Phi) is 9.21. The van der Waals surface area contributed by atoms with Crippen LogP contribution in [-0.4, -0.2) is 40.9 Å². The first-order valence-electron chi connectivity index (χ1n) is 9.63. The van der Waals surface area contributed by atoms with Gasteiger partial charge in [0.05, 0.1) is 34.5 Å². The van der Waals surface area contributed by atoms with Crippen molar-refractivity contribution in [2.24, 2.45) is 4.99 Å². The first-order chi connectivity index (χ1) is 14.6. The highest BCUT2D eigenvalue weighted by Crippen LogP contribution is 2.38. The molecule has 0 aliphatic heterocycles. The Morgan fingerprint density at radius 3 is 2.20 bits per heavy atom. The molecule has 2 rings (SSSR count). The predicted octanol–water partition coefficient (Wildman–Crippen LogP) is 3.25. The van der Waals surface area contributed by atoms with Crippen LogP contribution in [0.25, 0.3) is 0 Å². The summed E-state index contributed by atoms with van der Waals surface area (Å²) in [6.07, 6.45) is 0. The van der Waals surface area contributed by atoms with E-state index in [2.05, 4.69) is 15.6 Å². The average Bonchev–Trinajstić information content (AvgIpc) is 2.76. The van der Waals surface area contributed by atoms with Crippen LogP contribution in [0.3, 0.4) is 0 Å². The van der Waals surface area contributed by atoms with Gasteiger partial charge < -0.3 is 29.6 Å². The summed E-state index contributed by atoms with van der Waals surface area (Å²) in [4.78, 5) is 4.63. The van der Waals surface area contributed by atoms with Gasteiger partial charge in [0.25, 0.3) is 0 Å². The van der Waals surface area contributed by atoms with Gasteiger partial charge in [-0.25, -0.2) is 9.38 Å². The Labute approximate surface area is 177 Å². The molecule has 8 heteroatoms. The van der Waals surface area contributed by atoms with Gasteiger partial charge in [0.15, 0.2) is 17.5 Å². The molecule has 7 nitrogen and oxygen atoms in total. The quantitative estimate of drug-likeness (QED) is 0.455. The number of hydrogen-bond acceptors (Lipinski definition) is 5. The number of methoxy groups -OCH3 is 4. The third-order valence-electron chi connectivity index (χ3n) is 4.36. The summed E-state index contributed by atoms with van der Waals surface area (Å²) in [5, 5.41) is 6.47. The number of hydrogen-bond donors (Lipinski definition) is 2. The summed E-state index contributed by atoms with van der Waals surface area (Å²) in [5.74, 6) is 2.07. The van der Waals surface area contributed by atoms with Crippen LogP contribution < -0.4 is 24.8 Å². The van der Waals surface area contributed by atoms with Gasteiger partial charge in [-0.05, 0) is 42.3 Å². The zero-order valence-electron chi connectivity index (χ0n) is 18.2. The van der Waals surface area contributed by atoms with Crippen LogP contribution in [0.4, 0.5) is 4.39 Å². The molecule has 0 radical (unpaired) electrons. The highest BCUT2D eigenvalue weighted by molar-refractivity contribution is 5.79. The van der Waals surface area contributed by atoms with Crippen molar-refractivity contribution < 1.29 is 23.3 Å². The van der Waals surface area contributed by atoms with Crippen LogP contribution in [0, 0.1) is 5.82 Å². The SMILES string of the molecule is CCNC(=NCc1cc(OC)c(OC)c(OC)c1)NCc1ccc(F)c(COC)c1. The molecule has 0 atom stereocenters. The summed E-state index contributed by atoms with van der Waals surface area (Å²) in [6.45, 7) is 3.84. The minimum absolute atomic E-state index is 0.231. The monoisotopic (exact) mass is 419 g/mol. The standard InChI is InChI=1S/C22H30FN3O4/c1-6-24-22(25-12-15-7-8-18(23)17(9-15)14-27-2)26-13-16-10-19(28-3)21(30-5)20(11-16)29-4/h7-11H,6,12-14H2,1-5H3,(H2,24,25,26). The maximum atomic E-state index is 13.8. The fourth-order valence-corrected chi connectivity index (χ4v) is 2.93. The third kappa shape index (κ3) is 6.25. The minimum Gasteiger partial charge on any atom is -0.493 e. The van der Waals surface area contributed by atoms with Gasteiger partial charge in [0.2, 0.25) is 5.75 Å². The molecule has 0 bridgehead atoms. The molecule has 0 saturated carbocycles. The number of rotatable bonds is 10. The summed E-state index contributed by atoms with van der Waals surface area (Å²) in [7, 11) is 6.27. The van der Waals surface area contributed by atoms with Gasteiger partial charge in [0.1, 0.15) is 5.82 Å². The first-order valence-corrected chi connectivity index (χ1v) is 9.63. The van der Waals surface area contributed by atoms with Gasteiger partial charge in [-0.15, -0.1) is 0 Å². The molecule has 0 aliphatic carbocycles. The number of guanidine groups is 1. The molecule has 0 aliphatic rings. The van der Waals surface area contributed by atoms with E-state index in [1.165, 1.54) is 6.07 Å². The van der Waals surface area contributed by atoms with Crippen molar-refractivity contribution in [1.82, 2.24) is 10.6 Å². The minimum atomic E-state index is -0.274. The fourth-order valence-electron chi connectivity index (χ4n) is 2.93. The maximum Gasteiger partial charge on any atom is 0.203 e. The molecule has 0 heterocycles. The second-order valence-electron chi connectivity index (χ2n) is 6.44. The molecular formula is C22H30FN3O4. The molecular weight excluding hydrogens is 389 g/mol. The Morgan fingerprint density at radius 1 is 0.933 bits per heavy atom. The normalized spacial score (nSPS) is 11.2. The number of nitrogens with zero attached hydrogens (tertiary/aromatic N) is 1. The van der Waals surface area contributed by atoms with Crippen LogP contribution in [0.2, 0.25) is 0 Å². The highest BCUT2D eigenvalue weighted by Gasteiger charge is 2.13. The highest BCUT2D eigenvalue weighted by atomic mass is 19.1. The van der Waals surface area contributed by atoms with Crippen molar-refractivity contribution >= 4 is 5.96 Å². The number of nitrogens with one attached hydrogen (secondary N) is 2. The van der Waals surface area contributed by atoms with Crippen molar-refractivity contribution in [3.8, 4) is 17.2 Å². The second-order valence-corrected chi connectivity index (χ2v) is 6.44. The van der Waals surface area contributed by atoms with Crippen LogP contribution in [-0.2, 0) is 24.4 Å². The molecule has 2 aromatic carbocycles. The van der Waals surface area contributed by atoms with E-state index in [1.807, 2.05) is 19.1 Å². The van der Waals surface area contributed by atoms with Crippen molar-refractivity contribution in [2.75, 3.05) is 35.0 Å². The lowest BCUT2D eigenvalue weighted by Crippen LogP contribution is -2.36. The van der Waals surface area contributed by atoms with E-state index >= 15 is 0 Å². The molecule has 0 fully saturated rings. The van der Waals surface area contributed by atoms with E-state index in [4.69, 9.17) is 18.9 Å². The molecule has 0 spiro atoms. The van der Waals surface area contributed by atoms with Crippen LogP contribution in [0.5, 0.6) is 17.2 Å². The number of ether oxygens (including phenoxy) is 4. The third-order valence-corrected chi connectivity index (χ3v) is 4.36. The lowest BCUT2D eigenvalue weighted by molar-refractivity contribution is 0.181. The lowest BCUT2D eigenvalue weighted by Gasteiger charge is -2.15. The van der Waals surface area contributed by atoms with Crippen molar-refractivity contribution in [1.29, 1.82) is 0 Å². The molecule has 0 unspecified atom stereocenters. The maximum absolute atomic E-state index is 13.8. The Hall–Kier alpha value is -3.00. The largest absolute Gasteiger partial charge is 0.493 e.